The van der Waals surface area contributed by atoms with Gasteiger partial charge in [-0.3, -0.25) is 10.1 Å². The first-order chi connectivity index (χ1) is 8.58. The number of nitrogens with two attached hydrogens (primary N) is 1. The van der Waals surface area contributed by atoms with Crippen LogP contribution in [0.2, 0.25) is 0 Å². The molecule has 2 aromatic rings. The molecule has 0 unspecified atom stereocenters. The largest absolute Gasteiger partial charge is 0.397 e. The molecule has 0 bridgehead atoms. The summed E-state index contributed by atoms with van der Waals surface area (Å²) in [5.41, 5.74) is 8.27. The summed E-state index contributed by atoms with van der Waals surface area (Å²) in [7, 11) is 1.91. The maximum absolute atomic E-state index is 10.6. The van der Waals surface area contributed by atoms with E-state index in [0.717, 1.165) is 12.2 Å². The Bertz CT molecular complexity index is 554. The Balaban J connectivity index is 2.20. The molecule has 5 nitrogen and oxygen atoms in total. The zero-order chi connectivity index (χ0) is 13.1. The topological polar surface area (TPSA) is 72.4 Å². The Labute approximate surface area is 109 Å². The van der Waals surface area contributed by atoms with Crippen LogP contribution in [0.5, 0.6) is 0 Å². The predicted octanol–water partition coefficient (Wildman–Crippen LogP) is 2.87. The van der Waals surface area contributed by atoms with Gasteiger partial charge >= 0.3 is 0 Å². The molecule has 0 aliphatic rings. The molecule has 94 valence electrons. The molecule has 0 aliphatic heterocycles. The third-order valence-electron chi connectivity index (χ3n) is 2.63. The molecule has 2 rings (SSSR count). The Hall–Kier alpha value is -2.08. The lowest BCUT2D eigenvalue weighted by molar-refractivity contribution is -0.384. The van der Waals surface area contributed by atoms with Crippen LogP contribution in [-0.4, -0.2) is 12.0 Å². The van der Waals surface area contributed by atoms with Crippen molar-refractivity contribution < 1.29 is 4.92 Å². The van der Waals surface area contributed by atoms with Crippen molar-refractivity contribution in [3.05, 3.63) is 50.7 Å². The lowest BCUT2D eigenvalue weighted by atomic mass is 10.2. The van der Waals surface area contributed by atoms with Crippen molar-refractivity contribution in [2.75, 3.05) is 17.7 Å². The van der Waals surface area contributed by atoms with Gasteiger partial charge in [0, 0.05) is 25.7 Å². The third-order valence-corrected chi connectivity index (χ3v) is 3.37. The van der Waals surface area contributed by atoms with Crippen molar-refractivity contribution >= 4 is 28.4 Å². The lowest BCUT2D eigenvalue weighted by Gasteiger charge is -2.20. The van der Waals surface area contributed by atoms with E-state index in [1.807, 2.05) is 23.4 Å². The minimum atomic E-state index is -0.445. The first kappa shape index (κ1) is 12.4. The highest BCUT2D eigenvalue weighted by Crippen LogP contribution is 2.27. The van der Waals surface area contributed by atoms with Crippen LogP contribution in [0.3, 0.4) is 0 Å². The quantitative estimate of drug-likeness (QED) is 0.523. The zero-order valence-corrected chi connectivity index (χ0v) is 10.7. The number of benzene rings is 1. The van der Waals surface area contributed by atoms with E-state index in [0.29, 0.717) is 5.69 Å². The number of rotatable bonds is 4. The summed E-state index contributed by atoms with van der Waals surface area (Å²) in [4.78, 5) is 12.2. The second-order valence-corrected chi connectivity index (χ2v) is 4.77. The standard InChI is InChI=1S/C12H13N3O2S/c1-14(7-9-4-5-18-8-9)12-3-2-10(15(16)17)6-11(12)13/h2-6,8H,7,13H2,1H3. The normalized spacial score (nSPS) is 10.3. The van der Waals surface area contributed by atoms with Crippen molar-refractivity contribution in [1.29, 1.82) is 0 Å². The molecule has 0 spiro atoms. The number of thiophene rings is 1. The highest BCUT2D eigenvalue weighted by Gasteiger charge is 2.11. The Kier molecular flexibility index (Phi) is 3.47. The van der Waals surface area contributed by atoms with Crippen LogP contribution in [0.1, 0.15) is 5.56 Å². The maximum Gasteiger partial charge on any atom is 0.271 e. The van der Waals surface area contributed by atoms with Crippen LogP contribution in [-0.2, 0) is 6.54 Å². The minimum absolute atomic E-state index is 0.0141. The van der Waals surface area contributed by atoms with Crippen molar-refractivity contribution in [2.45, 2.75) is 6.54 Å². The highest BCUT2D eigenvalue weighted by molar-refractivity contribution is 7.07. The number of nitrogens with zero attached hydrogens (tertiary/aromatic N) is 2. The van der Waals surface area contributed by atoms with E-state index in [-0.39, 0.29) is 5.69 Å². The molecular weight excluding hydrogens is 250 g/mol. The van der Waals surface area contributed by atoms with Crippen LogP contribution in [0.25, 0.3) is 0 Å². The molecule has 0 amide bonds. The van der Waals surface area contributed by atoms with Crippen molar-refractivity contribution in [2.24, 2.45) is 0 Å². The molecule has 0 radical (unpaired) electrons. The van der Waals surface area contributed by atoms with Crippen molar-refractivity contribution in [3.63, 3.8) is 0 Å². The number of hydrogen-bond acceptors (Lipinski definition) is 5. The highest BCUT2D eigenvalue weighted by atomic mass is 32.1. The average Bonchev–Trinajstić information content (AvgIpc) is 2.81. The molecule has 0 fully saturated rings. The van der Waals surface area contributed by atoms with Crippen LogP contribution in [0.15, 0.2) is 35.0 Å². The summed E-state index contributed by atoms with van der Waals surface area (Å²) in [5.74, 6) is 0. The van der Waals surface area contributed by atoms with Gasteiger partial charge in [-0.25, -0.2) is 0 Å². The van der Waals surface area contributed by atoms with Crippen molar-refractivity contribution in [3.8, 4) is 0 Å². The van der Waals surface area contributed by atoms with E-state index >= 15 is 0 Å². The van der Waals surface area contributed by atoms with E-state index < -0.39 is 4.92 Å². The molecule has 6 heteroatoms. The van der Waals surface area contributed by atoms with Gasteiger partial charge in [0.2, 0.25) is 0 Å². The summed E-state index contributed by atoms with van der Waals surface area (Å²) in [6, 6.07) is 6.58. The summed E-state index contributed by atoms with van der Waals surface area (Å²) in [6.07, 6.45) is 0. The van der Waals surface area contributed by atoms with Gasteiger partial charge in [-0.1, -0.05) is 0 Å². The van der Waals surface area contributed by atoms with Crippen LogP contribution >= 0.6 is 11.3 Å². The number of non-ortho nitro benzene ring substituents is 1. The Morgan fingerprint density at radius 2 is 2.22 bits per heavy atom. The Morgan fingerprint density at radius 1 is 1.44 bits per heavy atom. The van der Waals surface area contributed by atoms with E-state index in [4.69, 9.17) is 5.73 Å². The van der Waals surface area contributed by atoms with E-state index in [2.05, 4.69) is 5.38 Å². The second-order valence-electron chi connectivity index (χ2n) is 3.99. The minimum Gasteiger partial charge on any atom is -0.397 e. The lowest BCUT2D eigenvalue weighted by Crippen LogP contribution is -2.17. The number of nitro benzene ring substituents is 1. The monoisotopic (exact) mass is 263 g/mol. The fraction of sp³-hybridized carbons (Fsp3) is 0.167. The number of anilines is 2. The third kappa shape index (κ3) is 2.60. The molecule has 1 heterocycles. The van der Waals surface area contributed by atoms with Gasteiger partial charge in [-0.15, -0.1) is 0 Å². The summed E-state index contributed by atoms with van der Waals surface area (Å²) in [5, 5.41) is 14.7. The molecule has 0 saturated heterocycles. The average molecular weight is 263 g/mol. The van der Waals surface area contributed by atoms with Gasteiger partial charge in [0.1, 0.15) is 0 Å². The van der Waals surface area contributed by atoms with Crippen LogP contribution in [0, 0.1) is 10.1 Å². The Morgan fingerprint density at radius 3 is 2.78 bits per heavy atom. The molecule has 0 aliphatic carbocycles. The molecule has 0 atom stereocenters. The van der Waals surface area contributed by atoms with E-state index in [9.17, 15) is 10.1 Å². The van der Waals surface area contributed by atoms with Crippen molar-refractivity contribution in [1.82, 2.24) is 0 Å². The SMILES string of the molecule is CN(Cc1ccsc1)c1ccc([N+](=O)[O-])cc1N. The fourth-order valence-corrected chi connectivity index (χ4v) is 2.40. The summed E-state index contributed by atoms with van der Waals surface area (Å²) < 4.78 is 0. The molecule has 18 heavy (non-hydrogen) atoms. The molecular formula is C12H13N3O2S. The van der Waals surface area contributed by atoms with Crippen LogP contribution in [0.4, 0.5) is 17.1 Å². The van der Waals surface area contributed by atoms with Gasteiger partial charge in [0.25, 0.3) is 5.69 Å². The summed E-state index contributed by atoms with van der Waals surface area (Å²) in [6.45, 7) is 0.728. The second kappa shape index (κ2) is 5.05. The number of nitrogen functional groups attached to an aromatic ring is 1. The van der Waals surface area contributed by atoms with Gasteiger partial charge in [0.15, 0.2) is 0 Å². The van der Waals surface area contributed by atoms with E-state index in [1.54, 1.807) is 17.4 Å². The van der Waals surface area contributed by atoms with Gasteiger partial charge in [-0.2, -0.15) is 11.3 Å². The molecule has 0 saturated carbocycles. The molecule has 2 N–H and O–H groups in total. The molecule has 1 aromatic heterocycles. The maximum atomic E-state index is 10.6. The first-order valence-electron chi connectivity index (χ1n) is 5.34. The summed E-state index contributed by atoms with van der Waals surface area (Å²) >= 11 is 1.64. The first-order valence-corrected chi connectivity index (χ1v) is 6.28. The number of nitro groups is 1. The van der Waals surface area contributed by atoms with Gasteiger partial charge in [0.05, 0.1) is 16.3 Å². The van der Waals surface area contributed by atoms with E-state index in [1.165, 1.54) is 17.7 Å². The number of hydrogen-bond donors (Lipinski definition) is 1. The molecule has 1 aromatic carbocycles. The van der Waals surface area contributed by atoms with Crippen LogP contribution < -0.4 is 10.6 Å². The fourth-order valence-electron chi connectivity index (χ4n) is 1.74. The zero-order valence-electron chi connectivity index (χ0n) is 9.87. The smallest absolute Gasteiger partial charge is 0.271 e. The predicted molar refractivity (Wildman–Crippen MR) is 73.9 cm³/mol. The van der Waals surface area contributed by atoms with Gasteiger partial charge < -0.3 is 10.6 Å². The van der Waals surface area contributed by atoms with Gasteiger partial charge in [-0.05, 0) is 28.5 Å².